The maximum absolute atomic E-state index is 6.77. The molecule has 3 unspecified atom stereocenters. The number of hydrogen-bond donors (Lipinski definition) is 0. The molecule has 0 radical (unpaired) electrons. The van der Waals surface area contributed by atoms with E-state index in [0.717, 1.165) is 104 Å². The van der Waals surface area contributed by atoms with Crippen LogP contribution in [0.2, 0.25) is 0 Å². The molecule has 0 aliphatic heterocycles. The van der Waals surface area contributed by atoms with Crippen LogP contribution >= 0.6 is 17.1 Å². The van der Waals surface area contributed by atoms with Gasteiger partial charge in [-0.05, 0) is 35.0 Å². The summed E-state index contributed by atoms with van der Waals surface area (Å²) in [5.74, 6) is 0. The SMILES string of the molecule is S=P(c1cccnc1)(c1ccc2cncnc2c1)c1cccc2c1nc1c3ccccc3c3ccccc3n21.[Se]=P(c1ccc2ccccc2c1)(c1ccc2c(ccc3ccccc32)c1)c1cccc2c1nc1c3ccccc3c3ccccc3n21.[Se]=P(c1ccccc1)(c1cnc2ccccc2c1)c1cccc2c1nc1c3ccccc3c3ccccc3n21. The van der Waals surface area contributed by atoms with Gasteiger partial charge in [-0.25, -0.2) is 15.0 Å². The fourth-order valence-corrected chi connectivity index (χ4v) is 33.2. The van der Waals surface area contributed by atoms with Crippen molar-refractivity contribution in [2.45, 2.75) is 0 Å². The van der Waals surface area contributed by atoms with Crippen molar-refractivity contribution in [3.05, 3.63) is 419 Å². The first-order valence-electron chi connectivity index (χ1n) is 41.5. The van der Waals surface area contributed by atoms with Crippen molar-refractivity contribution in [2.75, 3.05) is 0 Å². The fraction of sp³-hybridized carbons (Fsp3) is 0. The van der Waals surface area contributed by atoms with Crippen molar-refractivity contribution in [3.8, 4) is 0 Å². The van der Waals surface area contributed by atoms with Crippen molar-refractivity contribution in [2.24, 2.45) is 0 Å². The molecule has 26 aromatic rings. The van der Waals surface area contributed by atoms with Gasteiger partial charge in [0.1, 0.15) is 12.0 Å². The quantitative estimate of drug-likeness (QED) is 0.0800. The molecule has 0 bridgehead atoms. The van der Waals surface area contributed by atoms with Crippen LogP contribution in [0.5, 0.6) is 0 Å². The fourth-order valence-electron chi connectivity index (χ4n) is 19.1. The summed E-state index contributed by atoms with van der Waals surface area (Å²) in [6.07, 6.45) is 9.17. The van der Waals surface area contributed by atoms with Gasteiger partial charge in [0.2, 0.25) is 0 Å². The molecule has 588 valence electrons. The maximum atomic E-state index is 6.77. The summed E-state index contributed by atoms with van der Waals surface area (Å²) in [5, 5.41) is 31.1. The normalized spacial score (nSPS) is 13.4. The molecule has 125 heavy (non-hydrogen) atoms. The van der Waals surface area contributed by atoms with E-state index in [1.165, 1.54) is 113 Å². The molecule has 0 aliphatic carbocycles. The van der Waals surface area contributed by atoms with E-state index < -0.39 is 17.1 Å². The van der Waals surface area contributed by atoms with Crippen molar-refractivity contribution < 1.29 is 0 Å². The summed E-state index contributed by atoms with van der Waals surface area (Å²) in [6, 6.07) is 137. The number of hydrogen-bond acceptors (Lipinski definition) is 8. The summed E-state index contributed by atoms with van der Waals surface area (Å²) in [6.45, 7) is 0. The molecular weight excluding hydrogens is 1730 g/mol. The van der Waals surface area contributed by atoms with E-state index in [1.54, 1.807) is 12.5 Å². The first kappa shape index (κ1) is 75.1. The van der Waals surface area contributed by atoms with Gasteiger partial charge in [0.25, 0.3) is 0 Å². The second kappa shape index (κ2) is 30.1. The molecule has 26 rings (SSSR count). The first-order valence-corrected chi connectivity index (χ1v) is 52.3. The molecular formula is C109H69N10P3SSe2. The Balaban J connectivity index is 0.000000106. The van der Waals surface area contributed by atoms with Gasteiger partial charge in [-0.2, -0.15) is 0 Å². The zero-order valence-corrected chi connectivity index (χ0v) is 73.8. The third-order valence-electron chi connectivity index (χ3n) is 24.9. The second-order valence-electron chi connectivity index (χ2n) is 31.7. The van der Waals surface area contributed by atoms with Crippen LogP contribution in [0.4, 0.5) is 0 Å². The van der Waals surface area contributed by atoms with Gasteiger partial charge in [0.05, 0.1) is 22.1 Å². The molecule has 16 heteroatoms. The molecule has 3 atom stereocenters. The van der Waals surface area contributed by atoms with E-state index >= 15 is 0 Å². The van der Waals surface area contributed by atoms with Crippen molar-refractivity contribution in [1.29, 1.82) is 0 Å². The number of imidazole rings is 3. The molecule has 0 amide bonds. The number of pyridine rings is 5. The standard InChI is InChI=1S/C43H27N2PSe.C34H22N3PSe.C32H20N5PS/c47-46(32-23-22-28-10-1-2-12-30(28)26-32,33-24-25-35-31(27-33)21-20-29-11-3-4-13-34(29)35)41-19-9-18-40-42(41)44-43-38-16-6-5-14-36(38)37-15-7-8-17-39(37)45(40)43;39-38(24-12-2-1-3-13-24,25-21-23-11-4-8-17-29(23)35-22-25)32-20-10-19-31-33(32)36-34-28-16-6-5-14-26(28)27-15-7-9-18-30(27)37(31)34;39-38(23-7-6-16-33-19-23,22-15-14-21-18-34-20-35-27(21)17-22)30-13-5-12-29-31(30)36-32-26-10-2-1-8-24(26)25-9-3-4-11-28(25)37(29)32/h1-27H;1-22H;1-20H. The molecule has 0 spiro atoms. The predicted molar refractivity (Wildman–Crippen MR) is 537 cm³/mol. The van der Waals surface area contributed by atoms with E-state index in [1.807, 2.05) is 24.5 Å². The van der Waals surface area contributed by atoms with E-state index in [-0.39, 0.29) is 0 Å². The molecule has 9 aromatic heterocycles. The van der Waals surface area contributed by atoms with Crippen LogP contribution in [0.15, 0.2) is 419 Å². The van der Waals surface area contributed by atoms with Gasteiger partial charge in [-0.3, -0.25) is 9.38 Å². The molecule has 0 saturated carbocycles. The Morgan fingerprint density at radius 2 is 0.640 bits per heavy atom. The Morgan fingerprint density at radius 1 is 0.232 bits per heavy atom. The summed E-state index contributed by atoms with van der Waals surface area (Å²) >= 11 is 14.4. The Labute approximate surface area is 737 Å². The third-order valence-corrected chi connectivity index (χ3v) is 43.7. The summed E-state index contributed by atoms with van der Waals surface area (Å²) in [5.41, 5.74) is 10.0. The van der Waals surface area contributed by atoms with Gasteiger partial charge in [0, 0.05) is 51.4 Å². The second-order valence-corrected chi connectivity index (χ2v) is 48.4. The molecule has 0 saturated heterocycles. The number of fused-ring (bicyclic) bond motifs is 30. The van der Waals surface area contributed by atoms with Gasteiger partial charge >= 0.3 is 514 Å². The van der Waals surface area contributed by atoms with Crippen molar-refractivity contribution in [1.82, 2.24) is 48.1 Å². The summed E-state index contributed by atoms with van der Waals surface area (Å²) < 4.78 is 6.99. The molecule has 17 aromatic carbocycles. The molecule has 10 nitrogen and oxygen atoms in total. The van der Waals surface area contributed by atoms with Gasteiger partial charge < -0.3 is 0 Å². The average Bonchev–Trinajstić information content (AvgIpc) is 1.57. The summed E-state index contributed by atoms with van der Waals surface area (Å²) in [7, 11) is 0. The van der Waals surface area contributed by atoms with Crippen molar-refractivity contribution in [3.63, 3.8) is 0 Å². The van der Waals surface area contributed by atoms with E-state index in [0.29, 0.717) is 0 Å². The third kappa shape index (κ3) is 12.0. The molecule has 0 fully saturated rings. The van der Waals surface area contributed by atoms with Crippen molar-refractivity contribution >= 4 is 276 Å². The summed E-state index contributed by atoms with van der Waals surface area (Å²) in [4.78, 5) is 34.4. The number of rotatable bonds is 9. The minimum absolute atomic E-state index is 0.875. The number of benzene rings is 17. The Bertz CT molecular complexity index is 8850. The van der Waals surface area contributed by atoms with Crippen LogP contribution in [0.3, 0.4) is 0 Å². The number of nitrogens with zero attached hydrogens (tertiary/aromatic N) is 10. The zero-order chi connectivity index (χ0) is 83.1. The Hall–Kier alpha value is -13.6. The van der Waals surface area contributed by atoms with Crippen LogP contribution in [-0.2, 0) is 11.8 Å². The Morgan fingerprint density at radius 3 is 1.22 bits per heavy atom. The van der Waals surface area contributed by atoms with E-state index in [2.05, 4.69) is 441 Å². The predicted octanol–water partition coefficient (Wildman–Crippen LogP) is 22.2. The van der Waals surface area contributed by atoms with Gasteiger partial charge in [-0.1, -0.05) is 84.6 Å². The van der Waals surface area contributed by atoms with Gasteiger partial charge in [0.15, 0.2) is 0 Å². The molecule has 0 aliphatic rings. The van der Waals surface area contributed by atoms with E-state index in [9.17, 15) is 0 Å². The topological polar surface area (TPSA) is 103 Å². The first-order chi connectivity index (χ1) is 61.6. The van der Waals surface area contributed by atoms with Crippen LogP contribution in [0.25, 0.3) is 169 Å². The monoisotopic (exact) mass is 1800 g/mol. The Kier molecular flexibility index (Phi) is 18.1. The van der Waals surface area contributed by atoms with Crippen LogP contribution < -0.4 is 47.7 Å². The number of para-hydroxylation sites is 7. The molecule has 0 N–H and O–H groups in total. The minimum atomic E-state index is -2.57. The molecule has 9 heterocycles. The van der Waals surface area contributed by atoms with Gasteiger partial charge in [-0.15, -0.1) is 0 Å². The van der Waals surface area contributed by atoms with E-state index in [4.69, 9.17) is 31.7 Å². The number of aromatic nitrogens is 10. The van der Waals surface area contributed by atoms with Crippen LogP contribution in [0, 0.1) is 0 Å². The average molecular weight is 1800 g/mol. The van der Waals surface area contributed by atoms with Crippen LogP contribution in [-0.4, -0.2) is 78.3 Å². The van der Waals surface area contributed by atoms with Crippen LogP contribution in [0.1, 0.15) is 0 Å². The zero-order valence-electron chi connectivity index (χ0n) is 66.9.